The third-order valence-electron chi connectivity index (χ3n) is 6.28. The minimum Gasteiger partial charge on any atom is -0.358 e. The highest BCUT2D eigenvalue weighted by Crippen LogP contribution is 2.46. The van der Waals surface area contributed by atoms with Crippen molar-refractivity contribution in [3.8, 4) is 0 Å². The van der Waals surface area contributed by atoms with Crippen molar-refractivity contribution in [1.29, 1.82) is 0 Å². The van der Waals surface area contributed by atoms with Crippen molar-refractivity contribution >= 4 is 16.7 Å². The summed E-state index contributed by atoms with van der Waals surface area (Å²) in [5.41, 5.74) is 4.06. The molecule has 2 atom stereocenters. The zero-order valence-corrected chi connectivity index (χ0v) is 15.6. The van der Waals surface area contributed by atoms with E-state index < -0.39 is 0 Å². The van der Waals surface area contributed by atoms with E-state index in [0.717, 1.165) is 43.1 Å². The highest BCUT2D eigenvalue weighted by molar-refractivity contribution is 5.96. The summed E-state index contributed by atoms with van der Waals surface area (Å²) in [7, 11) is 0. The first-order chi connectivity index (χ1) is 13.6. The van der Waals surface area contributed by atoms with Crippen LogP contribution in [0.15, 0.2) is 42.5 Å². The van der Waals surface area contributed by atoms with Gasteiger partial charge in [0.15, 0.2) is 5.78 Å². The molecule has 5 rings (SSSR count). The number of Topliss-reactive ketones (excluding diaryl/α,β-unsaturated/α-hetero) is 1. The van der Waals surface area contributed by atoms with E-state index in [1.54, 1.807) is 18.2 Å². The van der Waals surface area contributed by atoms with Gasteiger partial charge in [-0.05, 0) is 73.8 Å². The zero-order chi connectivity index (χ0) is 19.3. The van der Waals surface area contributed by atoms with Crippen LogP contribution in [0.25, 0.3) is 10.9 Å². The molecule has 2 bridgehead atoms. The van der Waals surface area contributed by atoms with Crippen LogP contribution >= 0.6 is 0 Å². The fourth-order valence-electron chi connectivity index (χ4n) is 5.02. The average molecular weight is 380 g/mol. The van der Waals surface area contributed by atoms with Gasteiger partial charge in [-0.3, -0.25) is 9.69 Å². The van der Waals surface area contributed by atoms with Crippen molar-refractivity contribution in [2.24, 2.45) is 0 Å². The quantitative estimate of drug-likeness (QED) is 0.620. The molecule has 2 aromatic carbocycles. The lowest BCUT2D eigenvalue weighted by atomic mass is 9.96. The number of aromatic nitrogens is 1. The second kappa shape index (κ2) is 6.82. The molecule has 1 saturated heterocycles. The molecule has 0 radical (unpaired) electrons. The van der Waals surface area contributed by atoms with Crippen molar-refractivity contribution in [3.63, 3.8) is 0 Å². The third kappa shape index (κ3) is 2.94. The summed E-state index contributed by atoms with van der Waals surface area (Å²) in [6.07, 6.45) is 4.39. The maximum atomic E-state index is 13.8. The van der Waals surface area contributed by atoms with E-state index in [4.69, 9.17) is 0 Å². The highest BCUT2D eigenvalue weighted by Gasteiger charge is 2.41. The number of nitrogens with one attached hydrogen (secondary N) is 1. The number of H-pyrrole nitrogens is 1. The SMILES string of the molecule is O=C(CCCN1[C@@H]2CC[C@H]1c1c([nH]c3ccc(F)cc13)C2)c1ccc(F)cc1. The predicted octanol–water partition coefficient (Wildman–Crippen LogP) is 5.17. The van der Waals surface area contributed by atoms with E-state index in [9.17, 15) is 13.6 Å². The van der Waals surface area contributed by atoms with Crippen molar-refractivity contribution in [3.05, 3.63) is 70.9 Å². The lowest BCUT2D eigenvalue weighted by Gasteiger charge is -2.35. The van der Waals surface area contributed by atoms with Gasteiger partial charge in [-0.2, -0.15) is 0 Å². The van der Waals surface area contributed by atoms with Gasteiger partial charge < -0.3 is 4.98 Å². The van der Waals surface area contributed by atoms with Crippen molar-refractivity contribution < 1.29 is 13.6 Å². The van der Waals surface area contributed by atoms with E-state index >= 15 is 0 Å². The number of halogens is 2. The molecule has 2 aliphatic heterocycles. The Balaban J connectivity index is 1.31. The second-order valence-electron chi connectivity index (χ2n) is 7.93. The summed E-state index contributed by atoms with van der Waals surface area (Å²) >= 11 is 0. The maximum absolute atomic E-state index is 13.8. The van der Waals surface area contributed by atoms with Crippen LogP contribution in [-0.4, -0.2) is 28.3 Å². The number of rotatable bonds is 5. The summed E-state index contributed by atoms with van der Waals surface area (Å²) < 4.78 is 26.8. The Hall–Kier alpha value is -2.53. The molecular weight excluding hydrogens is 358 g/mol. The van der Waals surface area contributed by atoms with Gasteiger partial charge in [0, 0.05) is 47.1 Å². The van der Waals surface area contributed by atoms with Crippen LogP contribution in [0.5, 0.6) is 0 Å². The zero-order valence-electron chi connectivity index (χ0n) is 15.6. The molecule has 3 nitrogen and oxygen atoms in total. The lowest BCUT2D eigenvalue weighted by Crippen LogP contribution is -2.38. The van der Waals surface area contributed by atoms with E-state index in [1.807, 2.05) is 6.07 Å². The standard InChI is InChI=1S/C23H22F2N2O/c24-15-5-3-14(4-6-15)22(28)2-1-11-27-17-8-10-21(27)23-18-12-16(25)7-9-19(18)26-20(23)13-17/h3-7,9,12,17,21,26H,1-2,8,10-11,13H2/t17-,21+/m1/s1. The second-order valence-corrected chi connectivity index (χ2v) is 7.93. The summed E-state index contributed by atoms with van der Waals surface area (Å²) in [5.74, 6) is -0.475. The van der Waals surface area contributed by atoms with Crippen LogP contribution in [0.3, 0.4) is 0 Å². The third-order valence-corrected chi connectivity index (χ3v) is 6.28. The molecule has 1 aromatic heterocycles. The van der Waals surface area contributed by atoms with E-state index in [2.05, 4.69) is 9.88 Å². The lowest BCUT2D eigenvalue weighted by molar-refractivity contribution is 0.0966. The molecule has 0 saturated carbocycles. The van der Waals surface area contributed by atoms with Crippen LogP contribution in [-0.2, 0) is 6.42 Å². The highest BCUT2D eigenvalue weighted by atomic mass is 19.1. The first-order valence-corrected chi connectivity index (χ1v) is 9.94. The number of hydrogen-bond acceptors (Lipinski definition) is 2. The maximum Gasteiger partial charge on any atom is 0.162 e. The monoisotopic (exact) mass is 380 g/mol. The number of carbonyl (C=O) groups excluding carboxylic acids is 1. The predicted molar refractivity (Wildman–Crippen MR) is 104 cm³/mol. The van der Waals surface area contributed by atoms with Gasteiger partial charge in [-0.25, -0.2) is 8.78 Å². The normalized spacial score (nSPS) is 21.2. The largest absolute Gasteiger partial charge is 0.358 e. The number of fused-ring (bicyclic) bond motifs is 6. The Bertz CT molecular complexity index is 1040. The number of hydrogen-bond donors (Lipinski definition) is 1. The fourth-order valence-corrected chi connectivity index (χ4v) is 5.02. The average Bonchev–Trinajstić information content (AvgIpc) is 3.18. The van der Waals surface area contributed by atoms with Gasteiger partial charge in [0.05, 0.1) is 0 Å². The van der Waals surface area contributed by atoms with Gasteiger partial charge in [0.1, 0.15) is 11.6 Å². The molecular formula is C23H22F2N2O. The summed E-state index contributed by atoms with van der Waals surface area (Å²) in [4.78, 5) is 18.3. The van der Waals surface area contributed by atoms with Crippen LogP contribution in [0.1, 0.15) is 53.3 Å². The number of aromatic amines is 1. The van der Waals surface area contributed by atoms with Crippen molar-refractivity contribution in [1.82, 2.24) is 9.88 Å². The molecule has 5 heteroatoms. The van der Waals surface area contributed by atoms with Crippen LogP contribution in [0, 0.1) is 11.6 Å². The molecule has 3 heterocycles. The molecule has 144 valence electrons. The molecule has 0 amide bonds. The van der Waals surface area contributed by atoms with Crippen molar-refractivity contribution in [2.45, 2.75) is 44.2 Å². The Kier molecular flexibility index (Phi) is 4.27. The van der Waals surface area contributed by atoms with E-state index in [0.29, 0.717) is 24.1 Å². The van der Waals surface area contributed by atoms with Gasteiger partial charge >= 0.3 is 0 Å². The molecule has 0 aliphatic carbocycles. The Morgan fingerprint density at radius 3 is 2.68 bits per heavy atom. The Morgan fingerprint density at radius 1 is 1.07 bits per heavy atom. The molecule has 1 fully saturated rings. The minimum atomic E-state index is -0.326. The van der Waals surface area contributed by atoms with E-state index in [-0.39, 0.29) is 17.4 Å². The van der Waals surface area contributed by atoms with Gasteiger partial charge in [0.25, 0.3) is 0 Å². The topological polar surface area (TPSA) is 36.1 Å². The number of nitrogens with zero attached hydrogens (tertiary/aromatic N) is 1. The first-order valence-electron chi connectivity index (χ1n) is 9.94. The molecule has 1 N–H and O–H groups in total. The smallest absolute Gasteiger partial charge is 0.162 e. The van der Waals surface area contributed by atoms with Crippen molar-refractivity contribution in [2.75, 3.05) is 6.54 Å². The van der Waals surface area contributed by atoms with Gasteiger partial charge in [-0.1, -0.05) is 0 Å². The molecule has 0 spiro atoms. The van der Waals surface area contributed by atoms with Gasteiger partial charge in [-0.15, -0.1) is 0 Å². The number of benzene rings is 2. The van der Waals surface area contributed by atoms with Crippen LogP contribution in [0.2, 0.25) is 0 Å². The molecule has 28 heavy (non-hydrogen) atoms. The summed E-state index contributed by atoms with van der Waals surface area (Å²) in [6, 6.07) is 11.5. The Labute approximate surface area is 162 Å². The molecule has 0 unspecified atom stereocenters. The number of carbonyl (C=O) groups is 1. The minimum absolute atomic E-state index is 0.0548. The van der Waals surface area contributed by atoms with E-state index in [1.165, 1.54) is 29.5 Å². The van der Waals surface area contributed by atoms with Crippen LogP contribution in [0.4, 0.5) is 8.78 Å². The summed E-state index contributed by atoms with van der Waals surface area (Å²) in [6.45, 7) is 0.851. The molecule has 3 aromatic rings. The van der Waals surface area contributed by atoms with Crippen LogP contribution < -0.4 is 0 Å². The number of ketones is 1. The van der Waals surface area contributed by atoms with Gasteiger partial charge in [0.2, 0.25) is 0 Å². The fraction of sp³-hybridized carbons (Fsp3) is 0.348. The molecule has 2 aliphatic rings. The first kappa shape index (κ1) is 17.6. The Morgan fingerprint density at radius 2 is 1.86 bits per heavy atom. The summed E-state index contributed by atoms with van der Waals surface area (Å²) in [5, 5.41) is 0.993.